The van der Waals surface area contributed by atoms with E-state index < -0.39 is 6.09 Å². The van der Waals surface area contributed by atoms with Crippen molar-refractivity contribution < 1.29 is 15.1 Å². The normalized spacial score (nSPS) is 9.83. The molecule has 0 saturated carbocycles. The molecule has 92 valence electrons. The van der Waals surface area contributed by atoms with Crippen molar-refractivity contribution in [2.45, 2.75) is 0 Å². The van der Waals surface area contributed by atoms with Crippen LogP contribution in [0.1, 0.15) is 0 Å². The highest BCUT2D eigenvalue weighted by Gasteiger charge is 2.21. The number of benzene rings is 2. The first-order valence-electron chi connectivity index (χ1n) is 5.32. The largest absolute Gasteiger partial charge is 0.463 e. The van der Waals surface area contributed by atoms with Gasteiger partial charge in [-0.1, -0.05) is 36.4 Å². The van der Waals surface area contributed by atoms with Crippen LogP contribution in [0.25, 0.3) is 0 Å². The fraction of sp³-hybridized carbons (Fsp3) is 0. The molecule has 5 nitrogen and oxygen atoms in total. The quantitative estimate of drug-likeness (QED) is 0.815. The molecular weight excluding hydrogens is 232 g/mol. The number of para-hydroxylation sites is 2. The lowest BCUT2D eigenvalue weighted by atomic mass is 10.3. The van der Waals surface area contributed by atoms with E-state index >= 15 is 0 Å². The molecule has 2 N–H and O–H groups in total. The minimum absolute atomic E-state index is 0.358. The number of hydrogen-bond acceptors (Lipinski definition) is 3. The zero-order valence-corrected chi connectivity index (χ0v) is 9.47. The van der Waals surface area contributed by atoms with E-state index in [0.717, 1.165) is 5.01 Å². The first-order chi connectivity index (χ1) is 8.70. The molecule has 5 heteroatoms. The zero-order chi connectivity index (χ0) is 13.0. The number of carbonyl (C=O) groups is 1. The standard InChI is InChI=1S/C13H12N2O3/c16-13(17)14(11-7-3-1-4-8-11)15(18)12-9-5-2-6-10-12/h1-10,18H,(H,16,17). The first kappa shape index (κ1) is 11.9. The van der Waals surface area contributed by atoms with E-state index in [-0.39, 0.29) is 0 Å². The minimum atomic E-state index is -1.27. The molecule has 0 aromatic heterocycles. The summed E-state index contributed by atoms with van der Waals surface area (Å²) in [4.78, 5) is 11.2. The van der Waals surface area contributed by atoms with Crippen molar-refractivity contribution in [2.75, 3.05) is 10.2 Å². The molecular formula is C13H12N2O3. The number of amides is 1. The van der Waals surface area contributed by atoms with Gasteiger partial charge >= 0.3 is 6.09 Å². The summed E-state index contributed by atoms with van der Waals surface area (Å²) in [5, 5.41) is 20.5. The van der Waals surface area contributed by atoms with Gasteiger partial charge in [0.2, 0.25) is 0 Å². The van der Waals surface area contributed by atoms with E-state index in [0.29, 0.717) is 16.5 Å². The summed E-state index contributed by atoms with van der Waals surface area (Å²) < 4.78 is 0. The Morgan fingerprint density at radius 1 is 0.833 bits per heavy atom. The van der Waals surface area contributed by atoms with E-state index in [2.05, 4.69) is 0 Å². The minimum Gasteiger partial charge on any atom is -0.463 e. The highest BCUT2D eigenvalue weighted by atomic mass is 16.6. The fourth-order valence-corrected chi connectivity index (χ4v) is 1.55. The fourth-order valence-electron chi connectivity index (χ4n) is 1.55. The van der Waals surface area contributed by atoms with Crippen LogP contribution in [-0.4, -0.2) is 16.4 Å². The molecule has 0 spiro atoms. The summed E-state index contributed by atoms with van der Waals surface area (Å²) in [7, 11) is 0. The van der Waals surface area contributed by atoms with Crippen molar-refractivity contribution >= 4 is 17.5 Å². The Morgan fingerprint density at radius 2 is 1.28 bits per heavy atom. The maximum absolute atomic E-state index is 11.2. The summed E-state index contributed by atoms with van der Waals surface area (Å²) in [6, 6.07) is 16.8. The van der Waals surface area contributed by atoms with Crippen molar-refractivity contribution in [3.63, 3.8) is 0 Å². The van der Waals surface area contributed by atoms with Gasteiger partial charge in [0.05, 0.1) is 11.4 Å². The summed E-state index contributed by atoms with van der Waals surface area (Å²) in [5.41, 5.74) is 0.722. The molecule has 0 fully saturated rings. The van der Waals surface area contributed by atoms with Gasteiger partial charge in [-0.2, -0.15) is 10.2 Å². The van der Waals surface area contributed by atoms with E-state index in [1.165, 1.54) is 0 Å². The van der Waals surface area contributed by atoms with Gasteiger partial charge in [0, 0.05) is 0 Å². The van der Waals surface area contributed by atoms with Crippen LogP contribution in [-0.2, 0) is 0 Å². The molecule has 0 bridgehead atoms. The molecule has 0 aliphatic carbocycles. The van der Waals surface area contributed by atoms with Crippen molar-refractivity contribution in [3.05, 3.63) is 60.7 Å². The molecule has 2 rings (SSSR count). The van der Waals surface area contributed by atoms with Crippen LogP contribution in [0, 0.1) is 0 Å². The van der Waals surface area contributed by atoms with E-state index in [4.69, 9.17) is 0 Å². The Morgan fingerprint density at radius 3 is 1.72 bits per heavy atom. The molecule has 0 unspecified atom stereocenters. The van der Waals surface area contributed by atoms with Gasteiger partial charge in [-0.3, -0.25) is 5.21 Å². The van der Waals surface area contributed by atoms with Gasteiger partial charge in [-0.25, -0.2) is 4.79 Å². The smallest absolute Gasteiger partial charge is 0.433 e. The summed E-state index contributed by atoms with van der Waals surface area (Å²) in [6.45, 7) is 0. The lowest BCUT2D eigenvalue weighted by Crippen LogP contribution is -2.44. The number of rotatable bonds is 3. The van der Waals surface area contributed by atoms with Gasteiger partial charge in [-0.15, -0.1) is 0 Å². The zero-order valence-electron chi connectivity index (χ0n) is 9.47. The van der Waals surface area contributed by atoms with Gasteiger partial charge in [-0.05, 0) is 24.3 Å². The van der Waals surface area contributed by atoms with Crippen molar-refractivity contribution in [1.29, 1.82) is 0 Å². The molecule has 0 heterocycles. The topological polar surface area (TPSA) is 64.0 Å². The monoisotopic (exact) mass is 244 g/mol. The highest BCUT2D eigenvalue weighted by molar-refractivity contribution is 5.88. The second-order valence-corrected chi connectivity index (χ2v) is 3.55. The summed E-state index contributed by atoms with van der Waals surface area (Å²) >= 11 is 0. The number of hydrazine groups is 1. The summed E-state index contributed by atoms with van der Waals surface area (Å²) in [5.74, 6) is 0. The Kier molecular flexibility index (Phi) is 3.45. The molecule has 2 aromatic rings. The van der Waals surface area contributed by atoms with Crippen molar-refractivity contribution in [1.82, 2.24) is 0 Å². The van der Waals surface area contributed by atoms with Crippen molar-refractivity contribution in [2.24, 2.45) is 0 Å². The number of hydrogen-bond donors (Lipinski definition) is 2. The van der Waals surface area contributed by atoms with E-state index in [9.17, 15) is 15.1 Å². The van der Waals surface area contributed by atoms with Crippen LogP contribution in [0.5, 0.6) is 0 Å². The Balaban J connectivity index is 2.35. The van der Waals surface area contributed by atoms with Crippen LogP contribution in [0.3, 0.4) is 0 Å². The highest BCUT2D eigenvalue weighted by Crippen LogP contribution is 2.20. The van der Waals surface area contributed by atoms with Crippen LogP contribution in [0.2, 0.25) is 0 Å². The molecule has 0 aliphatic heterocycles. The number of carboxylic acid groups (broad SMARTS) is 1. The van der Waals surface area contributed by atoms with Gasteiger partial charge in [0.1, 0.15) is 0 Å². The Labute approximate surface area is 104 Å². The van der Waals surface area contributed by atoms with Gasteiger partial charge < -0.3 is 5.11 Å². The maximum atomic E-state index is 11.2. The van der Waals surface area contributed by atoms with Crippen molar-refractivity contribution in [3.8, 4) is 0 Å². The Bertz CT molecular complexity index is 516. The second-order valence-electron chi connectivity index (χ2n) is 3.55. The molecule has 2 aromatic carbocycles. The first-order valence-corrected chi connectivity index (χ1v) is 5.32. The average molecular weight is 244 g/mol. The van der Waals surface area contributed by atoms with Gasteiger partial charge in [0.25, 0.3) is 0 Å². The van der Waals surface area contributed by atoms with Crippen LogP contribution in [0.15, 0.2) is 60.7 Å². The molecule has 0 atom stereocenters. The Hall–Kier alpha value is -2.53. The van der Waals surface area contributed by atoms with Crippen LogP contribution < -0.4 is 10.2 Å². The van der Waals surface area contributed by atoms with E-state index in [1.807, 2.05) is 0 Å². The molecule has 0 saturated heterocycles. The third-order valence-corrected chi connectivity index (χ3v) is 2.36. The summed E-state index contributed by atoms with van der Waals surface area (Å²) in [6.07, 6.45) is -1.27. The third kappa shape index (κ3) is 2.41. The molecule has 18 heavy (non-hydrogen) atoms. The maximum Gasteiger partial charge on any atom is 0.433 e. The second kappa shape index (κ2) is 5.20. The number of nitrogens with zero attached hydrogens (tertiary/aromatic N) is 2. The molecule has 0 radical (unpaired) electrons. The van der Waals surface area contributed by atoms with E-state index in [1.54, 1.807) is 60.7 Å². The molecule has 0 aliphatic rings. The molecule has 1 amide bonds. The third-order valence-electron chi connectivity index (χ3n) is 2.36. The number of anilines is 2. The lowest BCUT2D eigenvalue weighted by molar-refractivity contribution is 0.180. The average Bonchev–Trinajstić information content (AvgIpc) is 2.40. The van der Waals surface area contributed by atoms with Crippen LogP contribution >= 0.6 is 0 Å². The lowest BCUT2D eigenvalue weighted by Gasteiger charge is -2.28. The predicted molar refractivity (Wildman–Crippen MR) is 67.7 cm³/mol. The van der Waals surface area contributed by atoms with Gasteiger partial charge in [0.15, 0.2) is 0 Å². The van der Waals surface area contributed by atoms with Crippen LogP contribution in [0.4, 0.5) is 16.2 Å². The predicted octanol–water partition coefficient (Wildman–Crippen LogP) is 2.98. The SMILES string of the molecule is O=C(O)N(c1ccccc1)N(O)c1ccccc1.